The number of rotatable bonds is 14. The molecule has 8 N–H and O–H groups in total. The predicted octanol–water partition coefficient (Wildman–Crippen LogP) is 6.39. The summed E-state index contributed by atoms with van der Waals surface area (Å²) in [6.45, 7) is 17.2. The fourth-order valence-corrected chi connectivity index (χ4v) is 9.93. The van der Waals surface area contributed by atoms with Crippen LogP contribution in [0.4, 0.5) is 9.59 Å². The number of esters is 3. The van der Waals surface area contributed by atoms with Gasteiger partial charge in [0.05, 0.1) is 45.6 Å². The van der Waals surface area contributed by atoms with Crippen molar-refractivity contribution >= 4 is 36.1 Å². The lowest BCUT2D eigenvalue weighted by molar-refractivity contribution is -0.143. The molecule has 0 aromatic heterocycles. The van der Waals surface area contributed by atoms with Gasteiger partial charge in [0.1, 0.15) is 0 Å². The number of ether oxygens (including phenoxy) is 3. The lowest BCUT2D eigenvalue weighted by atomic mass is 9.82. The number of aliphatic imine (C=N–C) groups is 1. The highest BCUT2D eigenvalue weighted by Gasteiger charge is 2.49. The molecular weight excluding hydrogens is 795 g/mol. The number of carbonyl (C=O) groups excluding carboxylic acids is 6. The smallest absolute Gasteiger partial charge is 0.314 e. The van der Waals surface area contributed by atoms with Crippen LogP contribution in [0, 0.1) is 47.3 Å². The molecule has 0 heterocycles. The molecule has 0 spiro atoms. The highest BCUT2D eigenvalue weighted by molar-refractivity contribution is 5.76. The number of urea groups is 2. The maximum atomic E-state index is 10.8. The van der Waals surface area contributed by atoms with Crippen molar-refractivity contribution < 1.29 is 43.0 Å². The Kier molecular flexibility index (Phi) is 35.5. The minimum absolute atomic E-state index is 0.156. The van der Waals surface area contributed by atoms with Crippen molar-refractivity contribution in [2.24, 2.45) is 63.8 Å². The van der Waals surface area contributed by atoms with Gasteiger partial charge in [0, 0.05) is 26.2 Å². The number of nitrogens with two attached hydrogens (primary N) is 2. The monoisotopic (exact) mass is 882 g/mol. The van der Waals surface area contributed by atoms with Gasteiger partial charge < -0.3 is 46.9 Å². The number of amides is 4. The normalized spacial score (nSPS) is 24.3. The van der Waals surface area contributed by atoms with Crippen LogP contribution in [0.1, 0.15) is 145 Å². The van der Waals surface area contributed by atoms with Gasteiger partial charge in [-0.15, -0.1) is 0 Å². The van der Waals surface area contributed by atoms with Crippen molar-refractivity contribution in [2.45, 2.75) is 145 Å². The summed E-state index contributed by atoms with van der Waals surface area (Å²) in [5.74, 6) is 8.68. The van der Waals surface area contributed by atoms with Gasteiger partial charge in [0.2, 0.25) is 6.08 Å². The molecule has 62 heavy (non-hydrogen) atoms. The first-order valence-corrected chi connectivity index (χ1v) is 23.9. The zero-order valence-electron chi connectivity index (χ0n) is 39.6. The second kappa shape index (κ2) is 37.8. The second-order valence-electron chi connectivity index (χ2n) is 16.2. The molecule has 4 amide bonds. The fraction of sp³-hybridized carbons (Fsp3) is 0.870. The maximum Gasteiger partial charge on any atom is 0.314 e. The summed E-state index contributed by atoms with van der Waals surface area (Å²) in [5.41, 5.74) is 9.69. The van der Waals surface area contributed by atoms with Crippen LogP contribution in [0.25, 0.3) is 0 Å². The van der Waals surface area contributed by atoms with E-state index in [1.54, 1.807) is 97.8 Å². The third-order valence-electron chi connectivity index (χ3n) is 12.0. The standard InChI is InChI=1S/2C10H16.2C8H16N2O3.C6H9NO3.2C2H7N/c2*1-2-9-7-4-5-8(6-7)10(9)3-1;2*1-3-9-8(12)10-6-5-7(11)13-4-2;1-2-10-6(9)3-4-7-5-8;2*1-2-3/h2*7-10H,1-6H2;2*3-6H2,1-2H3,(H2,9,10,12);2-4H2,1H3;2*2-3H2,1H3. The molecule has 6 saturated carbocycles. The highest BCUT2D eigenvalue weighted by Crippen LogP contribution is 2.59. The van der Waals surface area contributed by atoms with Gasteiger partial charge in [0.15, 0.2) is 0 Å². The Morgan fingerprint density at radius 2 is 0.823 bits per heavy atom. The lowest BCUT2D eigenvalue weighted by Gasteiger charge is -2.23. The number of nitrogens with one attached hydrogen (secondary N) is 4. The zero-order chi connectivity index (χ0) is 46.5. The zero-order valence-corrected chi connectivity index (χ0v) is 39.6. The first-order valence-electron chi connectivity index (χ1n) is 23.9. The first kappa shape index (κ1) is 58.2. The van der Waals surface area contributed by atoms with E-state index in [1.165, 1.54) is 53.4 Å². The van der Waals surface area contributed by atoms with Crippen molar-refractivity contribution in [1.82, 2.24) is 21.3 Å². The van der Waals surface area contributed by atoms with E-state index in [0.717, 1.165) is 13.1 Å². The topological polar surface area (TPSA) is 243 Å². The van der Waals surface area contributed by atoms with Crippen LogP contribution < -0.4 is 32.7 Å². The second-order valence-corrected chi connectivity index (χ2v) is 16.2. The molecule has 0 aromatic carbocycles. The van der Waals surface area contributed by atoms with E-state index in [4.69, 9.17) is 11.5 Å². The van der Waals surface area contributed by atoms with Crippen LogP contribution in [-0.4, -0.2) is 102 Å². The van der Waals surface area contributed by atoms with E-state index in [1.807, 2.05) is 27.7 Å². The first-order chi connectivity index (χ1) is 29.9. The fourth-order valence-electron chi connectivity index (χ4n) is 9.93. The Balaban J connectivity index is 0.000000727. The molecule has 0 aliphatic heterocycles. The molecule has 16 heteroatoms. The Bertz CT molecular complexity index is 1130. The summed E-state index contributed by atoms with van der Waals surface area (Å²) in [6, 6.07) is -0.515. The van der Waals surface area contributed by atoms with E-state index < -0.39 is 0 Å². The van der Waals surface area contributed by atoms with E-state index in [9.17, 15) is 28.8 Å². The molecule has 0 radical (unpaired) electrons. The average Bonchev–Trinajstić information content (AvgIpc) is 4.09. The van der Waals surface area contributed by atoms with Crippen LogP contribution in [0.15, 0.2) is 4.99 Å². The SMILES string of the molecule is C1CC2C3CCC(C3)C2C1.C1CC2C3CCC(C3)C2C1.CCN.CCN.CCNC(=O)NCCC(=O)OCC.CCNC(=O)NCCC(=O)OCC.CCOC(=O)CCN=C=O. The molecule has 6 rings (SSSR count). The molecule has 8 unspecified atom stereocenters. The average molecular weight is 882 g/mol. The summed E-state index contributed by atoms with van der Waals surface area (Å²) in [5, 5.41) is 10.1. The van der Waals surface area contributed by atoms with Crippen LogP contribution in [0.2, 0.25) is 0 Å². The summed E-state index contributed by atoms with van der Waals surface area (Å²) in [6.07, 6.45) is 21.0. The highest BCUT2D eigenvalue weighted by atomic mass is 16.5. The number of carbonyl (C=O) groups is 5. The third kappa shape index (κ3) is 25.4. The van der Waals surface area contributed by atoms with Crippen molar-refractivity contribution in [1.29, 1.82) is 0 Å². The van der Waals surface area contributed by atoms with Crippen LogP contribution in [0.5, 0.6) is 0 Å². The van der Waals surface area contributed by atoms with Crippen molar-refractivity contribution in [2.75, 3.05) is 65.6 Å². The minimum Gasteiger partial charge on any atom is -0.466 e. The van der Waals surface area contributed by atoms with E-state index in [2.05, 4.69) is 40.5 Å². The third-order valence-corrected chi connectivity index (χ3v) is 12.0. The van der Waals surface area contributed by atoms with Crippen LogP contribution in [-0.2, 0) is 33.4 Å². The molecule has 16 nitrogen and oxygen atoms in total. The van der Waals surface area contributed by atoms with E-state index >= 15 is 0 Å². The summed E-state index contributed by atoms with van der Waals surface area (Å²) < 4.78 is 13.9. The molecule has 360 valence electrons. The molecule has 8 atom stereocenters. The number of isocyanates is 1. The summed E-state index contributed by atoms with van der Waals surface area (Å²) >= 11 is 0. The Morgan fingerprint density at radius 3 is 1.10 bits per heavy atom. The van der Waals surface area contributed by atoms with Gasteiger partial charge in [-0.2, -0.15) is 0 Å². The van der Waals surface area contributed by atoms with Crippen molar-refractivity contribution in [3.8, 4) is 0 Å². The lowest BCUT2D eigenvalue weighted by Crippen LogP contribution is -2.36. The van der Waals surface area contributed by atoms with Gasteiger partial charge in [-0.05, 0) is 159 Å². The molecule has 6 aliphatic rings. The predicted molar refractivity (Wildman–Crippen MR) is 244 cm³/mol. The number of fused-ring (bicyclic) bond motifs is 10. The summed E-state index contributed by atoms with van der Waals surface area (Å²) in [4.78, 5) is 66.4. The van der Waals surface area contributed by atoms with Gasteiger partial charge in [0.25, 0.3) is 0 Å². The summed E-state index contributed by atoms with van der Waals surface area (Å²) in [7, 11) is 0. The molecular formula is C46H87N7O9. The Hall–Kier alpha value is -3.75. The van der Waals surface area contributed by atoms with Gasteiger partial charge >= 0.3 is 30.0 Å². The van der Waals surface area contributed by atoms with E-state index in [0.29, 0.717) is 46.0 Å². The van der Waals surface area contributed by atoms with Gasteiger partial charge in [-0.1, -0.05) is 26.7 Å². The molecule has 6 fully saturated rings. The molecule has 0 saturated heterocycles. The molecule has 6 aliphatic carbocycles. The number of nitrogens with zero attached hydrogens (tertiary/aromatic N) is 1. The van der Waals surface area contributed by atoms with Crippen molar-refractivity contribution in [3.63, 3.8) is 0 Å². The number of hydrogen-bond acceptors (Lipinski definition) is 12. The largest absolute Gasteiger partial charge is 0.466 e. The van der Waals surface area contributed by atoms with Crippen LogP contribution >= 0.6 is 0 Å². The molecule has 0 aromatic rings. The Labute approximate surface area is 373 Å². The number of hydrogen-bond donors (Lipinski definition) is 6. The van der Waals surface area contributed by atoms with Crippen molar-refractivity contribution in [3.05, 3.63) is 0 Å². The van der Waals surface area contributed by atoms with Crippen LogP contribution in [0.3, 0.4) is 0 Å². The Morgan fingerprint density at radius 1 is 0.516 bits per heavy atom. The van der Waals surface area contributed by atoms with Gasteiger partial charge in [-0.3, -0.25) is 14.4 Å². The van der Waals surface area contributed by atoms with E-state index in [-0.39, 0.29) is 55.8 Å². The quantitative estimate of drug-likeness (QED) is 0.0483. The maximum absolute atomic E-state index is 10.8. The molecule has 4 bridgehead atoms. The van der Waals surface area contributed by atoms with Gasteiger partial charge in [-0.25, -0.2) is 19.4 Å². The minimum atomic E-state index is -0.332.